The molecule has 0 saturated carbocycles. The highest BCUT2D eigenvalue weighted by Gasteiger charge is 2.21. The summed E-state index contributed by atoms with van der Waals surface area (Å²) in [5.41, 5.74) is -0.0117. The molecule has 0 aliphatic carbocycles. The molecule has 7 heteroatoms. The van der Waals surface area contributed by atoms with E-state index >= 15 is 0 Å². The van der Waals surface area contributed by atoms with Crippen LogP contribution >= 0.6 is 11.6 Å². The van der Waals surface area contributed by atoms with E-state index < -0.39 is 4.92 Å². The first-order valence-electron chi connectivity index (χ1n) is 6.92. The molecule has 1 aliphatic heterocycles. The number of carbonyl (C=O) groups is 1. The van der Waals surface area contributed by atoms with Crippen LogP contribution in [-0.2, 0) is 4.79 Å². The van der Waals surface area contributed by atoms with Crippen LogP contribution in [0.3, 0.4) is 0 Å². The van der Waals surface area contributed by atoms with Gasteiger partial charge in [-0.2, -0.15) is 0 Å². The Morgan fingerprint density at radius 1 is 1.57 bits per heavy atom. The third-order valence-electron chi connectivity index (χ3n) is 3.54. The first-order chi connectivity index (χ1) is 9.95. The molecule has 114 valence electrons. The number of nitrogens with zero attached hydrogens (tertiary/aromatic N) is 2. The van der Waals surface area contributed by atoms with Gasteiger partial charge in [0.25, 0.3) is 5.69 Å². The Hall–Kier alpha value is -1.66. The maximum atomic E-state index is 12.0. The maximum Gasteiger partial charge on any atom is 0.294 e. The molecule has 1 aliphatic rings. The van der Waals surface area contributed by atoms with Crippen molar-refractivity contribution in [2.24, 2.45) is 5.92 Å². The number of hydrogen-bond donors (Lipinski definition) is 1. The second-order valence-electron chi connectivity index (χ2n) is 5.45. The summed E-state index contributed by atoms with van der Waals surface area (Å²) in [7, 11) is 0. The van der Waals surface area contributed by atoms with Crippen molar-refractivity contribution in [3.63, 3.8) is 0 Å². The van der Waals surface area contributed by atoms with Crippen molar-refractivity contribution in [2.45, 2.75) is 19.8 Å². The Labute approximate surface area is 128 Å². The van der Waals surface area contributed by atoms with E-state index in [0.29, 0.717) is 5.92 Å². The topological polar surface area (TPSA) is 75.5 Å². The summed E-state index contributed by atoms with van der Waals surface area (Å²) >= 11 is 5.74. The number of amides is 1. The highest BCUT2D eigenvalue weighted by molar-refractivity contribution is 6.31. The molecule has 0 radical (unpaired) electrons. The standard InChI is InChI=1S/C14H18ClN3O3/c1-10-3-2-6-17(8-10)9-14(19)16-12-5-4-11(15)7-13(12)18(20)21/h4-5,7,10H,2-3,6,8-9H2,1H3,(H,16,19)/t10-/m1/s1. The fourth-order valence-electron chi connectivity index (χ4n) is 2.58. The second-order valence-corrected chi connectivity index (χ2v) is 5.89. The third-order valence-corrected chi connectivity index (χ3v) is 3.77. The predicted octanol–water partition coefficient (Wildman–Crippen LogP) is 2.92. The quantitative estimate of drug-likeness (QED) is 0.685. The van der Waals surface area contributed by atoms with E-state index in [-0.39, 0.29) is 28.8 Å². The minimum absolute atomic E-state index is 0.180. The van der Waals surface area contributed by atoms with Gasteiger partial charge in [-0.15, -0.1) is 0 Å². The van der Waals surface area contributed by atoms with E-state index in [2.05, 4.69) is 17.1 Å². The van der Waals surface area contributed by atoms with Crippen LogP contribution in [0.2, 0.25) is 5.02 Å². The highest BCUT2D eigenvalue weighted by atomic mass is 35.5. The SMILES string of the molecule is C[C@@H]1CCCN(CC(=O)Nc2ccc(Cl)cc2[N+](=O)[O-])C1. The Balaban J connectivity index is 2.01. The molecule has 0 unspecified atom stereocenters. The van der Waals surface area contributed by atoms with Crippen LogP contribution in [0.15, 0.2) is 18.2 Å². The Morgan fingerprint density at radius 3 is 3.00 bits per heavy atom. The number of halogens is 1. The van der Waals surface area contributed by atoms with E-state index in [0.717, 1.165) is 19.5 Å². The van der Waals surface area contributed by atoms with E-state index in [1.54, 1.807) is 0 Å². The Bertz CT molecular complexity index is 550. The Kier molecular flexibility index (Phi) is 5.14. The van der Waals surface area contributed by atoms with E-state index in [1.165, 1.54) is 24.6 Å². The molecule has 21 heavy (non-hydrogen) atoms. The molecular formula is C14H18ClN3O3. The number of carbonyl (C=O) groups excluding carboxylic acids is 1. The van der Waals surface area contributed by atoms with Gasteiger partial charge in [-0.05, 0) is 37.4 Å². The van der Waals surface area contributed by atoms with Crippen molar-refractivity contribution in [2.75, 3.05) is 25.0 Å². The highest BCUT2D eigenvalue weighted by Crippen LogP contribution is 2.27. The lowest BCUT2D eigenvalue weighted by atomic mass is 10.0. The summed E-state index contributed by atoms with van der Waals surface area (Å²) in [6.45, 7) is 4.19. The number of nitro benzene ring substituents is 1. The van der Waals surface area contributed by atoms with Crippen molar-refractivity contribution in [3.05, 3.63) is 33.3 Å². The number of nitrogens with one attached hydrogen (secondary N) is 1. The average molecular weight is 312 g/mol. The van der Waals surface area contributed by atoms with Crippen LogP contribution in [0, 0.1) is 16.0 Å². The summed E-state index contributed by atoms with van der Waals surface area (Å²) in [6.07, 6.45) is 2.26. The monoisotopic (exact) mass is 311 g/mol. The van der Waals surface area contributed by atoms with Gasteiger partial charge in [-0.3, -0.25) is 19.8 Å². The lowest BCUT2D eigenvalue weighted by Gasteiger charge is -2.30. The molecule has 1 heterocycles. The van der Waals surface area contributed by atoms with E-state index in [4.69, 9.17) is 11.6 Å². The fourth-order valence-corrected chi connectivity index (χ4v) is 2.75. The summed E-state index contributed by atoms with van der Waals surface area (Å²) in [4.78, 5) is 24.5. The first-order valence-corrected chi connectivity index (χ1v) is 7.29. The van der Waals surface area contributed by atoms with Crippen molar-refractivity contribution in [1.29, 1.82) is 0 Å². The van der Waals surface area contributed by atoms with Crippen molar-refractivity contribution >= 4 is 28.9 Å². The van der Waals surface area contributed by atoms with Gasteiger partial charge in [-0.25, -0.2) is 0 Å². The van der Waals surface area contributed by atoms with Crippen LogP contribution in [0.1, 0.15) is 19.8 Å². The lowest BCUT2D eigenvalue weighted by molar-refractivity contribution is -0.383. The van der Waals surface area contributed by atoms with Crippen LogP contribution in [0.25, 0.3) is 0 Å². The molecular weight excluding hydrogens is 294 g/mol. The molecule has 1 amide bonds. The molecule has 1 aromatic carbocycles. The van der Waals surface area contributed by atoms with Crippen LogP contribution in [0.5, 0.6) is 0 Å². The molecule has 0 aromatic heterocycles. The minimum atomic E-state index is -0.551. The number of anilines is 1. The minimum Gasteiger partial charge on any atom is -0.319 e. The van der Waals surface area contributed by atoms with E-state index in [1.807, 2.05) is 0 Å². The van der Waals surface area contributed by atoms with Crippen molar-refractivity contribution in [3.8, 4) is 0 Å². The number of hydrogen-bond acceptors (Lipinski definition) is 4. The third kappa shape index (κ3) is 4.41. The number of nitro groups is 1. The fraction of sp³-hybridized carbons (Fsp3) is 0.500. The van der Waals surface area contributed by atoms with Crippen molar-refractivity contribution in [1.82, 2.24) is 4.90 Å². The normalized spacial score (nSPS) is 19.2. The second kappa shape index (κ2) is 6.87. The lowest BCUT2D eigenvalue weighted by Crippen LogP contribution is -2.39. The van der Waals surface area contributed by atoms with Crippen LogP contribution in [-0.4, -0.2) is 35.4 Å². The number of benzene rings is 1. The van der Waals surface area contributed by atoms with Gasteiger partial charge in [0, 0.05) is 17.6 Å². The summed E-state index contributed by atoms with van der Waals surface area (Å²) in [5, 5.41) is 13.8. The molecule has 1 atom stereocenters. The number of piperidine rings is 1. The van der Waals surface area contributed by atoms with Gasteiger partial charge in [0.1, 0.15) is 5.69 Å². The molecule has 1 N–H and O–H groups in total. The average Bonchev–Trinajstić information content (AvgIpc) is 2.40. The molecule has 0 spiro atoms. The summed E-state index contributed by atoms with van der Waals surface area (Å²) < 4.78 is 0. The Morgan fingerprint density at radius 2 is 2.33 bits per heavy atom. The molecule has 1 saturated heterocycles. The number of likely N-dealkylation sites (tertiary alicyclic amines) is 1. The molecule has 1 aromatic rings. The van der Waals surface area contributed by atoms with Gasteiger partial charge in [0.2, 0.25) is 5.91 Å². The summed E-state index contributed by atoms with van der Waals surface area (Å²) in [5.74, 6) is 0.339. The first kappa shape index (κ1) is 15.7. The van der Waals surface area contributed by atoms with Gasteiger partial charge in [-0.1, -0.05) is 18.5 Å². The van der Waals surface area contributed by atoms with E-state index in [9.17, 15) is 14.9 Å². The van der Waals surface area contributed by atoms with Gasteiger partial charge >= 0.3 is 0 Å². The van der Waals surface area contributed by atoms with Crippen molar-refractivity contribution < 1.29 is 9.72 Å². The molecule has 2 rings (SSSR count). The molecule has 1 fully saturated rings. The zero-order valence-corrected chi connectivity index (χ0v) is 12.6. The van der Waals surface area contributed by atoms with Crippen LogP contribution in [0.4, 0.5) is 11.4 Å². The smallest absolute Gasteiger partial charge is 0.294 e. The van der Waals surface area contributed by atoms with Gasteiger partial charge in [0.05, 0.1) is 11.5 Å². The van der Waals surface area contributed by atoms with Crippen LogP contribution < -0.4 is 5.32 Å². The molecule has 6 nitrogen and oxygen atoms in total. The zero-order valence-electron chi connectivity index (χ0n) is 11.8. The summed E-state index contributed by atoms with van der Waals surface area (Å²) in [6, 6.07) is 4.21. The molecule has 0 bridgehead atoms. The zero-order chi connectivity index (χ0) is 15.4. The number of rotatable bonds is 4. The van der Waals surface area contributed by atoms with Gasteiger partial charge in [0.15, 0.2) is 0 Å². The van der Waals surface area contributed by atoms with Gasteiger partial charge < -0.3 is 5.32 Å². The predicted molar refractivity (Wildman–Crippen MR) is 81.6 cm³/mol. The maximum absolute atomic E-state index is 12.0. The largest absolute Gasteiger partial charge is 0.319 e.